The number of hydrogen-bond donors (Lipinski definition) is 1. The molecular weight excluding hydrogens is 362 g/mol. The molecule has 5 nitrogen and oxygen atoms in total. The summed E-state index contributed by atoms with van der Waals surface area (Å²) in [7, 11) is 0. The van der Waals surface area contributed by atoms with Gasteiger partial charge in [0.2, 0.25) is 0 Å². The van der Waals surface area contributed by atoms with Gasteiger partial charge in [-0.25, -0.2) is 18.4 Å². The Kier molecular flexibility index (Phi) is 5.29. The summed E-state index contributed by atoms with van der Waals surface area (Å²) >= 11 is 0. The van der Waals surface area contributed by atoms with Gasteiger partial charge in [0.15, 0.2) is 0 Å². The van der Waals surface area contributed by atoms with Crippen molar-refractivity contribution in [1.29, 1.82) is 0 Å². The highest BCUT2D eigenvalue weighted by Gasteiger charge is 2.42. The molecule has 1 saturated heterocycles. The minimum Gasteiger partial charge on any atom is -0.381 e. The number of halogens is 2. The fourth-order valence-electron chi connectivity index (χ4n) is 4.11. The molecule has 0 amide bonds. The molecule has 2 aliphatic rings. The lowest BCUT2D eigenvalue weighted by Crippen LogP contribution is -2.53. The summed E-state index contributed by atoms with van der Waals surface area (Å²) in [5.41, 5.74) is -0.00151. The quantitative estimate of drug-likeness (QED) is 0.772. The summed E-state index contributed by atoms with van der Waals surface area (Å²) in [5.74, 6) is -0.651. The minimum absolute atomic E-state index is 0.0397. The maximum atomic E-state index is 14.6. The largest absolute Gasteiger partial charge is 0.381 e. The number of nitrogens with zero attached hydrogens (tertiary/aromatic N) is 4. The van der Waals surface area contributed by atoms with Crippen LogP contribution in [-0.2, 0) is 12.1 Å². The molecule has 28 heavy (non-hydrogen) atoms. The van der Waals surface area contributed by atoms with Crippen LogP contribution in [0.25, 0.3) is 0 Å². The lowest BCUT2D eigenvalue weighted by Gasteiger charge is -2.43. The third-order valence-corrected chi connectivity index (χ3v) is 6.04. The fourth-order valence-corrected chi connectivity index (χ4v) is 4.11. The summed E-state index contributed by atoms with van der Waals surface area (Å²) in [6, 6.07) is 2.96. The molecule has 150 valence electrons. The molecule has 2 atom stereocenters. The van der Waals surface area contributed by atoms with Gasteiger partial charge in [-0.1, -0.05) is 17.7 Å². The van der Waals surface area contributed by atoms with Gasteiger partial charge < -0.3 is 5.11 Å². The maximum absolute atomic E-state index is 14.6. The fraction of sp³-hybridized carbons (Fsp3) is 0.524. The van der Waals surface area contributed by atoms with Gasteiger partial charge in [-0.15, -0.1) is 0 Å². The standard InChI is InChI=1S/C21H26F2N4O/c1-15(26-8-6-17(7-9-26)10-16-2-3-16)21(28,12-27-14-24-13-25-27)19-5-4-18(22)11-20(19)23/h4-5,10-11,13-16,28H,2-3,6-9,12H2,1H3/t15-,21-/m0/s1. The molecule has 0 radical (unpaired) electrons. The molecule has 1 saturated carbocycles. The van der Waals surface area contributed by atoms with E-state index in [9.17, 15) is 13.9 Å². The highest BCUT2D eigenvalue weighted by Crippen LogP contribution is 2.36. The average Bonchev–Trinajstić information content (AvgIpc) is 3.34. The van der Waals surface area contributed by atoms with Crippen LogP contribution in [0.5, 0.6) is 0 Å². The van der Waals surface area contributed by atoms with E-state index in [0.717, 1.165) is 37.9 Å². The second-order valence-electron chi connectivity index (χ2n) is 8.02. The van der Waals surface area contributed by atoms with E-state index in [4.69, 9.17) is 0 Å². The highest BCUT2D eigenvalue weighted by molar-refractivity contribution is 5.27. The van der Waals surface area contributed by atoms with E-state index in [1.807, 2.05) is 6.92 Å². The first-order chi connectivity index (χ1) is 13.5. The number of allylic oxidation sites excluding steroid dienone is 1. The minimum atomic E-state index is -1.57. The van der Waals surface area contributed by atoms with Gasteiger partial charge in [0.05, 0.1) is 6.54 Å². The van der Waals surface area contributed by atoms with E-state index in [1.165, 1.54) is 47.9 Å². The Morgan fingerprint density at radius 2 is 2.04 bits per heavy atom. The number of aliphatic hydroxyl groups is 1. The van der Waals surface area contributed by atoms with Crippen molar-refractivity contribution in [3.8, 4) is 0 Å². The second kappa shape index (κ2) is 7.72. The molecular formula is C21H26F2N4O. The zero-order valence-electron chi connectivity index (χ0n) is 16.1. The van der Waals surface area contributed by atoms with Crippen LogP contribution in [0.2, 0.25) is 0 Å². The Morgan fingerprint density at radius 1 is 1.29 bits per heavy atom. The first kappa shape index (κ1) is 19.2. The predicted molar refractivity (Wildman–Crippen MR) is 101 cm³/mol. The number of likely N-dealkylation sites (tertiary alicyclic amines) is 1. The summed E-state index contributed by atoms with van der Waals surface area (Å²) < 4.78 is 29.6. The van der Waals surface area contributed by atoms with Crippen molar-refractivity contribution in [2.75, 3.05) is 13.1 Å². The molecule has 4 rings (SSSR count). The number of rotatable bonds is 6. The van der Waals surface area contributed by atoms with E-state index in [1.54, 1.807) is 0 Å². The summed E-state index contributed by atoms with van der Waals surface area (Å²) in [5, 5.41) is 15.7. The SMILES string of the molecule is C[C@H](N1CCC(=CC2CC2)CC1)[C@@](O)(Cn1cncn1)c1ccc(F)cc1F. The Bertz CT molecular complexity index is 840. The van der Waals surface area contributed by atoms with Crippen LogP contribution >= 0.6 is 0 Å². The molecule has 0 bridgehead atoms. The molecule has 2 heterocycles. The van der Waals surface area contributed by atoms with Crippen molar-refractivity contribution in [3.05, 3.63) is 59.7 Å². The van der Waals surface area contributed by atoms with Crippen LogP contribution in [0.4, 0.5) is 8.78 Å². The smallest absolute Gasteiger partial charge is 0.137 e. The van der Waals surface area contributed by atoms with Crippen LogP contribution in [0.15, 0.2) is 42.5 Å². The molecule has 1 aromatic heterocycles. The normalized spacial score (nSPS) is 21.4. The lowest BCUT2D eigenvalue weighted by molar-refractivity contribution is -0.0657. The highest BCUT2D eigenvalue weighted by atomic mass is 19.1. The van der Waals surface area contributed by atoms with E-state index >= 15 is 0 Å². The van der Waals surface area contributed by atoms with E-state index in [-0.39, 0.29) is 18.2 Å². The first-order valence-corrected chi connectivity index (χ1v) is 9.89. The molecule has 1 aromatic carbocycles. The number of aromatic nitrogens is 3. The van der Waals surface area contributed by atoms with Gasteiger partial charge in [0.1, 0.15) is 29.9 Å². The Morgan fingerprint density at radius 3 is 2.64 bits per heavy atom. The molecule has 1 aliphatic heterocycles. The van der Waals surface area contributed by atoms with Crippen LogP contribution < -0.4 is 0 Å². The van der Waals surface area contributed by atoms with Crippen LogP contribution in [0.3, 0.4) is 0 Å². The second-order valence-corrected chi connectivity index (χ2v) is 8.02. The Hall–Kier alpha value is -2.12. The monoisotopic (exact) mass is 388 g/mol. The van der Waals surface area contributed by atoms with Gasteiger partial charge in [0.25, 0.3) is 0 Å². The van der Waals surface area contributed by atoms with E-state index in [2.05, 4.69) is 21.1 Å². The third-order valence-electron chi connectivity index (χ3n) is 6.04. The molecule has 0 unspecified atom stereocenters. The van der Waals surface area contributed by atoms with Crippen LogP contribution in [0.1, 0.15) is 38.2 Å². The molecule has 1 N–H and O–H groups in total. The Balaban J connectivity index is 1.59. The zero-order valence-corrected chi connectivity index (χ0v) is 16.1. The molecule has 2 fully saturated rings. The molecule has 7 heteroatoms. The third kappa shape index (κ3) is 4.00. The summed E-state index contributed by atoms with van der Waals surface area (Å²) in [6.45, 7) is 3.55. The number of benzene rings is 1. The number of piperidine rings is 1. The van der Waals surface area contributed by atoms with Crippen molar-refractivity contribution >= 4 is 0 Å². The average molecular weight is 388 g/mol. The van der Waals surface area contributed by atoms with Crippen molar-refractivity contribution in [1.82, 2.24) is 19.7 Å². The Labute approximate surface area is 163 Å². The van der Waals surface area contributed by atoms with Gasteiger partial charge in [-0.3, -0.25) is 4.90 Å². The first-order valence-electron chi connectivity index (χ1n) is 9.89. The van der Waals surface area contributed by atoms with Crippen molar-refractivity contribution < 1.29 is 13.9 Å². The number of hydrogen-bond acceptors (Lipinski definition) is 4. The zero-order chi connectivity index (χ0) is 19.7. The van der Waals surface area contributed by atoms with Gasteiger partial charge >= 0.3 is 0 Å². The molecule has 0 spiro atoms. The topological polar surface area (TPSA) is 54.2 Å². The molecule has 2 aromatic rings. The van der Waals surface area contributed by atoms with E-state index < -0.39 is 17.2 Å². The predicted octanol–water partition coefficient (Wildman–Crippen LogP) is 3.26. The van der Waals surface area contributed by atoms with Crippen LogP contribution in [0, 0.1) is 17.6 Å². The molecule has 1 aliphatic carbocycles. The van der Waals surface area contributed by atoms with E-state index in [0.29, 0.717) is 0 Å². The van der Waals surface area contributed by atoms with Gasteiger partial charge in [-0.2, -0.15) is 5.10 Å². The van der Waals surface area contributed by atoms with Gasteiger partial charge in [0, 0.05) is 30.8 Å². The lowest BCUT2D eigenvalue weighted by atomic mass is 9.84. The van der Waals surface area contributed by atoms with Crippen molar-refractivity contribution in [2.45, 2.75) is 50.8 Å². The summed E-state index contributed by atoms with van der Waals surface area (Å²) in [6.07, 6.45) is 9.80. The van der Waals surface area contributed by atoms with Crippen molar-refractivity contribution in [3.63, 3.8) is 0 Å². The van der Waals surface area contributed by atoms with Crippen molar-refractivity contribution in [2.24, 2.45) is 5.92 Å². The van der Waals surface area contributed by atoms with Gasteiger partial charge in [-0.05, 0) is 44.6 Å². The van der Waals surface area contributed by atoms with Crippen LogP contribution in [-0.4, -0.2) is 43.9 Å². The maximum Gasteiger partial charge on any atom is 0.137 e. The summed E-state index contributed by atoms with van der Waals surface area (Å²) in [4.78, 5) is 6.10.